The Balaban J connectivity index is 1.47. The zero-order valence-corrected chi connectivity index (χ0v) is 25.1. The Morgan fingerprint density at radius 2 is 1.74 bits per heavy atom. The highest BCUT2D eigenvalue weighted by molar-refractivity contribution is 8.03. The maximum atomic E-state index is 13.0. The molecule has 5 aromatic rings. The van der Waals surface area contributed by atoms with Crippen molar-refractivity contribution in [2.75, 3.05) is 11.1 Å². The van der Waals surface area contributed by atoms with Gasteiger partial charge < -0.3 is 10.6 Å². The third-order valence-electron chi connectivity index (χ3n) is 6.71. The standard InChI is InChI=1S/C33H22Cl2N4OS2/c34-21-11-8-12-22(17-21)37-28(40)19-41-32-24(18-36)29(23-13-4-5-14-25(23)35)30(31(39-32)20-9-2-1-3-10-20)33-38-26-15-6-7-16-27(26)42-33/h1-17,29,39H,19H2,(H,37,40)/t29-/m0/s1. The number of allylic oxidation sites excluding steroid dienone is 2. The Hall–Kier alpha value is -4.06. The summed E-state index contributed by atoms with van der Waals surface area (Å²) >= 11 is 15.7. The second-order valence-electron chi connectivity index (χ2n) is 9.42. The van der Waals surface area contributed by atoms with Crippen molar-refractivity contribution in [2.24, 2.45) is 0 Å². The van der Waals surface area contributed by atoms with E-state index in [2.05, 4.69) is 16.7 Å². The molecular formula is C33H22Cl2N4OS2. The van der Waals surface area contributed by atoms with Crippen LogP contribution in [0.2, 0.25) is 10.0 Å². The van der Waals surface area contributed by atoms with Crippen LogP contribution in [0.25, 0.3) is 21.5 Å². The zero-order valence-electron chi connectivity index (χ0n) is 22.0. The van der Waals surface area contributed by atoms with E-state index in [0.29, 0.717) is 26.3 Å². The van der Waals surface area contributed by atoms with Crippen LogP contribution < -0.4 is 10.6 Å². The van der Waals surface area contributed by atoms with E-state index in [-0.39, 0.29) is 11.7 Å². The molecular weight excluding hydrogens is 603 g/mol. The van der Waals surface area contributed by atoms with Crippen molar-refractivity contribution >= 4 is 79.4 Å². The predicted octanol–water partition coefficient (Wildman–Crippen LogP) is 8.97. The first-order valence-electron chi connectivity index (χ1n) is 13.0. The Kier molecular flexibility index (Phi) is 8.31. The van der Waals surface area contributed by atoms with E-state index in [1.165, 1.54) is 11.8 Å². The molecule has 1 aromatic heterocycles. The number of nitrogens with zero attached hydrogens (tertiary/aromatic N) is 2. The summed E-state index contributed by atoms with van der Waals surface area (Å²) in [6.45, 7) is 0. The Morgan fingerprint density at radius 3 is 2.50 bits per heavy atom. The average molecular weight is 626 g/mol. The van der Waals surface area contributed by atoms with Gasteiger partial charge in [0.1, 0.15) is 5.01 Å². The van der Waals surface area contributed by atoms with Crippen LogP contribution in [0.5, 0.6) is 0 Å². The number of hydrogen-bond donors (Lipinski definition) is 2. The lowest BCUT2D eigenvalue weighted by Crippen LogP contribution is -2.25. The molecule has 2 heterocycles. The molecule has 5 nitrogen and oxygen atoms in total. The number of para-hydroxylation sites is 1. The third kappa shape index (κ3) is 5.80. The number of halogens is 2. The van der Waals surface area contributed by atoms with Crippen LogP contribution in [-0.2, 0) is 4.79 Å². The molecule has 1 aliphatic rings. The maximum Gasteiger partial charge on any atom is 0.234 e. The van der Waals surface area contributed by atoms with E-state index in [0.717, 1.165) is 37.6 Å². The zero-order chi connectivity index (χ0) is 29.1. The lowest BCUT2D eigenvalue weighted by molar-refractivity contribution is -0.113. The van der Waals surface area contributed by atoms with Crippen molar-refractivity contribution in [3.05, 3.63) is 140 Å². The Morgan fingerprint density at radius 1 is 0.976 bits per heavy atom. The summed E-state index contributed by atoms with van der Waals surface area (Å²) < 4.78 is 1.05. The molecule has 4 aromatic carbocycles. The fourth-order valence-corrected chi connectivity index (χ4v) is 7.19. The van der Waals surface area contributed by atoms with Gasteiger partial charge in [0.05, 0.1) is 44.3 Å². The topological polar surface area (TPSA) is 77.8 Å². The average Bonchev–Trinajstić information content (AvgIpc) is 3.44. The lowest BCUT2D eigenvalue weighted by Gasteiger charge is -2.31. The first-order chi connectivity index (χ1) is 20.5. The monoisotopic (exact) mass is 624 g/mol. The first-order valence-corrected chi connectivity index (χ1v) is 15.6. The number of rotatable bonds is 7. The number of carbonyl (C=O) groups excluding carboxylic acids is 1. The number of thioether (sulfide) groups is 1. The van der Waals surface area contributed by atoms with E-state index in [1.54, 1.807) is 35.6 Å². The molecule has 1 aliphatic heterocycles. The molecule has 0 bridgehead atoms. The minimum absolute atomic E-state index is 0.0772. The van der Waals surface area contributed by atoms with E-state index >= 15 is 0 Å². The van der Waals surface area contributed by atoms with Crippen LogP contribution in [0.15, 0.2) is 114 Å². The number of nitrogens with one attached hydrogen (secondary N) is 2. The van der Waals surface area contributed by atoms with Crippen molar-refractivity contribution in [3.8, 4) is 6.07 Å². The minimum Gasteiger partial charge on any atom is -0.349 e. The fraction of sp³-hybridized carbons (Fsp3) is 0.0606. The molecule has 0 fully saturated rings. The second kappa shape index (κ2) is 12.4. The van der Waals surface area contributed by atoms with Crippen molar-refractivity contribution in [2.45, 2.75) is 5.92 Å². The van der Waals surface area contributed by atoms with Crippen LogP contribution in [0.3, 0.4) is 0 Å². The molecule has 0 saturated heterocycles. The number of anilines is 1. The highest BCUT2D eigenvalue weighted by atomic mass is 35.5. The van der Waals surface area contributed by atoms with E-state index in [9.17, 15) is 10.1 Å². The molecule has 0 unspecified atom stereocenters. The van der Waals surface area contributed by atoms with Crippen molar-refractivity contribution in [1.29, 1.82) is 5.26 Å². The van der Waals surface area contributed by atoms with Crippen molar-refractivity contribution < 1.29 is 4.79 Å². The molecule has 0 spiro atoms. The summed E-state index contributed by atoms with van der Waals surface area (Å²) in [6.07, 6.45) is 0. The smallest absolute Gasteiger partial charge is 0.234 e. The molecule has 0 aliphatic carbocycles. The number of carbonyl (C=O) groups is 1. The number of hydrogen-bond acceptors (Lipinski definition) is 6. The predicted molar refractivity (Wildman–Crippen MR) is 175 cm³/mol. The highest BCUT2D eigenvalue weighted by Gasteiger charge is 2.36. The molecule has 0 saturated carbocycles. The number of thiazole rings is 1. The molecule has 206 valence electrons. The maximum absolute atomic E-state index is 13.0. The summed E-state index contributed by atoms with van der Waals surface area (Å²) in [5.74, 6) is -0.655. The largest absolute Gasteiger partial charge is 0.349 e. The summed E-state index contributed by atoms with van der Waals surface area (Å²) in [7, 11) is 0. The molecule has 1 atom stereocenters. The number of nitriles is 1. The van der Waals surface area contributed by atoms with Gasteiger partial charge >= 0.3 is 0 Å². The Bertz CT molecular complexity index is 1880. The van der Waals surface area contributed by atoms with Crippen LogP contribution in [0, 0.1) is 11.3 Å². The second-order valence-corrected chi connectivity index (χ2v) is 12.3. The lowest BCUT2D eigenvalue weighted by atomic mass is 9.81. The van der Waals surface area contributed by atoms with Crippen LogP contribution in [0.1, 0.15) is 22.1 Å². The number of amides is 1. The van der Waals surface area contributed by atoms with Gasteiger partial charge in [0.25, 0.3) is 0 Å². The molecule has 42 heavy (non-hydrogen) atoms. The minimum atomic E-state index is -0.515. The normalized spacial score (nSPS) is 14.9. The molecule has 2 N–H and O–H groups in total. The van der Waals surface area contributed by atoms with Crippen molar-refractivity contribution in [3.63, 3.8) is 0 Å². The quantitative estimate of drug-likeness (QED) is 0.189. The number of fused-ring (bicyclic) bond motifs is 1. The molecule has 1 amide bonds. The third-order valence-corrected chi connectivity index (χ3v) is 9.38. The van der Waals surface area contributed by atoms with Gasteiger partial charge in [-0.2, -0.15) is 5.26 Å². The number of benzene rings is 4. The van der Waals surface area contributed by atoms with E-state index in [4.69, 9.17) is 28.2 Å². The molecule has 9 heteroatoms. The van der Waals surface area contributed by atoms with E-state index < -0.39 is 5.92 Å². The highest BCUT2D eigenvalue weighted by Crippen LogP contribution is 2.50. The summed E-state index contributed by atoms with van der Waals surface area (Å²) in [5, 5.41) is 19.5. The number of aromatic nitrogens is 1. The van der Waals surface area contributed by atoms with Gasteiger partial charge in [-0.05, 0) is 47.5 Å². The number of dihydropyridines is 1. The van der Waals surface area contributed by atoms with Crippen LogP contribution in [0.4, 0.5) is 5.69 Å². The summed E-state index contributed by atoms with van der Waals surface area (Å²) in [4.78, 5) is 18.0. The first kappa shape index (κ1) is 28.1. The molecule has 6 rings (SSSR count). The summed E-state index contributed by atoms with van der Waals surface area (Å²) in [6, 6.07) is 34.9. The van der Waals surface area contributed by atoms with Gasteiger partial charge in [-0.3, -0.25) is 4.79 Å². The van der Waals surface area contributed by atoms with Gasteiger partial charge in [0.15, 0.2) is 0 Å². The van der Waals surface area contributed by atoms with Gasteiger partial charge in [-0.1, -0.05) is 102 Å². The van der Waals surface area contributed by atoms with E-state index in [1.807, 2.05) is 78.9 Å². The molecule has 0 radical (unpaired) electrons. The van der Waals surface area contributed by atoms with Crippen LogP contribution >= 0.6 is 46.3 Å². The van der Waals surface area contributed by atoms with Gasteiger partial charge in [0, 0.05) is 21.3 Å². The van der Waals surface area contributed by atoms with Crippen molar-refractivity contribution in [1.82, 2.24) is 10.3 Å². The van der Waals surface area contributed by atoms with Gasteiger partial charge in [0.2, 0.25) is 5.91 Å². The fourth-order valence-electron chi connectivity index (χ4n) is 4.87. The summed E-state index contributed by atoms with van der Waals surface area (Å²) in [5.41, 5.74) is 5.36. The Labute approximate surface area is 261 Å². The SMILES string of the molecule is N#CC1=C(SCC(=O)Nc2cccc(Cl)c2)NC(c2ccccc2)=C(c2nc3ccccc3s2)[C@H]1c1ccccc1Cl. The van der Waals surface area contributed by atoms with Gasteiger partial charge in [-0.15, -0.1) is 11.3 Å². The van der Waals surface area contributed by atoms with Crippen LogP contribution in [-0.4, -0.2) is 16.6 Å². The van der Waals surface area contributed by atoms with Gasteiger partial charge in [-0.25, -0.2) is 4.98 Å².